The van der Waals surface area contributed by atoms with Crippen molar-refractivity contribution in [2.45, 2.75) is 13.3 Å². The van der Waals surface area contributed by atoms with Crippen molar-refractivity contribution >= 4 is 23.0 Å². The Bertz CT molecular complexity index is 1130. The average molecular weight is 387 g/mol. The number of halogens is 1. The van der Waals surface area contributed by atoms with Crippen molar-refractivity contribution in [1.82, 2.24) is 14.8 Å². The highest BCUT2D eigenvalue weighted by Gasteiger charge is 2.24. The molecule has 0 unspecified atom stereocenters. The van der Waals surface area contributed by atoms with Gasteiger partial charge in [0.2, 0.25) is 0 Å². The maximum atomic E-state index is 6.12. The zero-order valence-corrected chi connectivity index (χ0v) is 16.3. The van der Waals surface area contributed by atoms with E-state index in [-0.39, 0.29) is 0 Å². The smallest absolute Gasteiger partial charge is 0.139 e. The second-order valence-corrected chi connectivity index (χ2v) is 7.38. The number of nitrogens with zero attached hydrogens (tertiary/aromatic N) is 4. The van der Waals surface area contributed by atoms with Gasteiger partial charge < -0.3 is 4.90 Å². The van der Waals surface area contributed by atoms with E-state index in [0.29, 0.717) is 0 Å². The molecule has 0 saturated heterocycles. The monoisotopic (exact) mass is 386 g/mol. The summed E-state index contributed by atoms with van der Waals surface area (Å²) in [6, 6.07) is 25.1. The van der Waals surface area contributed by atoms with E-state index in [0.717, 1.165) is 46.7 Å². The van der Waals surface area contributed by atoms with Crippen molar-refractivity contribution in [3.8, 4) is 16.8 Å². The fraction of sp³-hybridized carbons (Fsp3) is 0.130. The summed E-state index contributed by atoms with van der Waals surface area (Å²) >= 11 is 6.12. The quantitative estimate of drug-likeness (QED) is 0.450. The van der Waals surface area contributed by atoms with Crippen LogP contribution in [0.25, 0.3) is 16.8 Å². The molecule has 0 amide bonds. The fourth-order valence-corrected chi connectivity index (χ4v) is 3.97. The van der Waals surface area contributed by atoms with Crippen LogP contribution in [0.2, 0.25) is 5.02 Å². The summed E-state index contributed by atoms with van der Waals surface area (Å²) in [5.41, 5.74) is 5.75. The number of hydrogen-bond acceptors (Lipinski definition) is 3. The minimum atomic E-state index is 0.741. The number of fused-ring (bicyclic) bond motifs is 3. The lowest BCUT2D eigenvalue weighted by atomic mass is 10.0. The van der Waals surface area contributed by atoms with Crippen LogP contribution in [-0.4, -0.2) is 21.3 Å². The molecule has 0 atom stereocenters. The molecule has 0 fully saturated rings. The van der Waals surface area contributed by atoms with Crippen molar-refractivity contribution in [3.63, 3.8) is 0 Å². The van der Waals surface area contributed by atoms with Gasteiger partial charge in [-0.1, -0.05) is 48.0 Å². The van der Waals surface area contributed by atoms with Crippen molar-refractivity contribution in [3.05, 3.63) is 89.5 Å². The molecule has 28 heavy (non-hydrogen) atoms. The molecular weight excluding hydrogens is 368 g/mol. The molecule has 2 heterocycles. The number of aryl methyl sites for hydroxylation is 1. The molecule has 1 aromatic heterocycles. The molecule has 4 aromatic rings. The van der Waals surface area contributed by atoms with Crippen LogP contribution in [0.15, 0.2) is 72.8 Å². The molecule has 5 heteroatoms. The predicted octanol–water partition coefficient (Wildman–Crippen LogP) is 5.59. The minimum Gasteiger partial charge on any atom is -0.339 e. The maximum absolute atomic E-state index is 6.12. The molecule has 0 saturated carbocycles. The van der Waals surface area contributed by atoms with Crippen LogP contribution in [0.1, 0.15) is 11.6 Å². The van der Waals surface area contributed by atoms with Crippen molar-refractivity contribution < 1.29 is 0 Å². The van der Waals surface area contributed by atoms with E-state index in [1.54, 1.807) is 0 Å². The van der Waals surface area contributed by atoms with Crippen molar-refractivity contribution in [2.75, 3.05) is 11.4 Å². The highest BCUT2D eigenvalue weighted by Crippen LogP contribution is 2.38. The Labute approximate surface area is 169 Å². The lowest BCUT2D eigenvalue weighted by Crippen LogP contribution is -2.19. The largest absolute Gasteiger partial charge is 0.339 e. The first kappa shape index (κ1) is 17.0. The molecule has 3 aromatic carbocycles. The number of benzene rings is 3. The molecule has 0 spiro atoms. The van der Waals surface area contributed by atoms with Gasteiger partial charge in [-0.2, -0.15) is 0 Å². The minimum absolute atomic E-state index is 0.741. The van der Waals surface area contributed by atoms with Crippen LogP contribution < -0.4 is 4.90 Å². The van der Waals surface area contributed by atoms with Gasteiger partial charge >= 0.3 is 0 Å². The van der Waals surface area contributed by atoms with Crippen molar-refractivity contribution in [1.29, 1.82) is 0 Å². The lowest BCUT2D eigenvalue weighted by molar-refractivity contribution is 0.838. The SMILES string of the molecule is Cc1nnc2n1-c1ccc(-c3ccccc3)cc1N(c1ccc(Cl)cc1)CC2. The summed E-state index contributed by atoms with van der Waals surface area (Å²) in [5, 5.41) is 9.45. The topological polar surface area (TPSA) is 34.0 Å². The Hall–Kier alpha value is -3.11. The molecule has 0 N–H and O–H groups in total. The third-order valence-electron chi connectivity index (χ3n) is 5.20. The van der Waals surface area contributed by atoms with Gasteiger partial charge in [0.1, 0.15) is 11.6 Å². The highest BCUT2D eigenvalue weighted by atomic mass is 35.5. The number of anilines is 2. The van der Waals surface area contributed by atoms with Gasteiger partial charge in [-0.3, -0.25) is 4.57 Å². The zero-order valence-electron chi connectivity index (χ0n) is 15.5. The maximum Gasteiger partial charge on any atom is 0.139 e. The molecule has 0 radical (unpaired) electrons. The number of hydrogen-bond donors (Lipinski definition) is 0. The summed E-state index contributed by atoms with van der Waals surface area (Å²) in [7, 11) is 0. The normalized spacial score (nSPS) is 13.0. The Morgan fingerprint density at radius 3 is 2.39 bits per heavy atom. The van der Waals surface area contributed by atoms with Crippen LogP contribution in [-0.2, 0) is 6.42 Å². The fourth-order valence-electron chi connectivity index (χ4n) is 3.84. The van der Waals surface area contributed by atoms with Gasteiger partial charge in [0.05, 0.1) is 11.4 Å². The van der Waals surface area contributed by atoms with Gasteiger partial charge in [0.25, 0.3) is 0 Å². The molecule has 1 aliphatic heterocycles. The van der Waals surface area contributed by atoms with Crippen LogP contribution in [0.3, 0.4) is 0 Å². The van der Waals surface area contributed by atoms with E-state index >= 15 is 0 Å². The van der Waals surface area contributed by atoms with E-state index in [1.807, 2.05) is 25.1 Å². The van der Waals surface area contributed by atoms with Gasteiger partial charge in [-0.15, -0.1) is 10.2 Å². The van der Waals surface area contributed by atoms with E-state index in [9.17, 15) is 0 Å². The van der Waals surface area contributed by atoms with Crippen LogP contribution in [0, 0.1) is 6.92 Å². The molecule has 0 bridgehead atoms. The number of aromatic nitrogens is 3. The van der Waals surface area contributed by atoms with E-state index in [4.69, 9.17) is 11.6 Å². The van der Waals surface area contributed by atoms with Crippen LogP contribution in [0.5, 0.6) is 0 Å². The summed E-state index contributed by atoms with van der Waals surface area (Å²) < 4.78 is 2.17. The first-order valence-corrected chi connectivity index (χ1v) is 9.72. The second kappa shape index (κ2) is 6.80. The molecule has 1 aliphatic rings. The zero-order chi connectivity index (χ0) is 19.1. The van der Waals surface area contributed by atoms with Gasteiger partial charge in [-0.25, -0.2) is 0 Å². The van der Waals surface area contributed by atoms with E-state index < -0.39 is 0 Å². The Morgan fingerprint density at radius 1 is 0.821 bits per heavy atom. The Kier molecular flexibility index (Phi) is 4.14. The Balaban J connectivity index is 1.72. The van der Waals surface area contributed by atoms with Crippen LogP contribution >= 0.6 is 11.6 Å². The molecule has 5 rings (SSSR count). The molecule has 138 valence electrons. The molecule has 0 aliphatic carbocycles. The van der Waals surface area contributed by atoms with Crippen molar-refractivity contribution in [2.24, 2.45) is 0 Å². The summed E-state index contributed by atoms with van der Waals surface area (Å²) in [6.45, 7) is 2.83. The third kappa shape index (κ3) is 2.86. The lowest BCUT2D eigenvalue weighted by Gasteiger charge is -2.26. The first-order chi connectivity index (χ1) is 13.7. The van der Waals surface area contributed by atoms with Crippen LogP contribution in [0.4, 0.5) is 11.4 Å². The van der Waals surface area contributed by atoms with E-state index in [2.05, 4.69) is 74.3 Å². The van der Waals surface area contributed by atoms with Gasteiger partial charge in [0, 0.05) is 23.7 Å². The first-order valence-electron chi connectivity index (χ1n) is 9.34. The summed E-state index contributed by atoms with van der Waals surface area (Å²) in [6.07, 6.45) is 0.818. The molecular formula is C23H19ClN4. The predicted molar refractivity (Wildman–Crippen MR) is 114 cm³/mol. The average Bonchev–Trinajstić information content (AvgIpc) is 3.01. The number of rotatable bonds is 2. The Morgan fingerprint density at radius 2 is 1.61 bits per heavy atom. The van der Waals surface area contributed by atoms with Gasteiger partial charge in [-0.05, 0) is 54.4 Å². The van der Waals surface area contributed by atoms with E-state index in [1.165, 1.54) is 11.1 Å². The summed E-state index contributed by atoms with van der Waals surface area (Å²) in [5.74, 6) is 1.89. The van der Waals surface area contributed by atoms with Gasteiger partial charge in [0.15, 0.2) is 0 Å². The highest BCUT2D eigenvalue weighted by molar-refractivity contribution is 6.30. The summed E-state index contributed by atoms with van der Waals surface area (Å²) in [4.78, 5) is 2.34. The molecule has 4 nitrogen and oxygen atoms in total. The standard InChI is InChI=1S/C23H19ClN4/c1-16-25-26-23-13-14-27(20-10-8-19(24)9-11-20)22-15-18(7-12-21(22)28(16)23)17-5-3-2-4-6-17/h2-12,15H,13-14H2,1H3. The third-order valence-corrected chi connectivity index (χ3v) is 5.46. The second-order valence-electron chi connectivity index (χ2n) is 6.95.